The first-order chi connectivity index (χ1) is 12.6. The van der Waals surface area contributed by atoms with E-state index in [4.69, 9.17) is 0 Å². The number of anilines is 2. The van der Waals surface area contributed by atoms with Crippen LogP contribution >= 0.6 is 0 Å². The van der Waals surface area contributed by atoms with Crippen molar-refractivity contribution in [3.05, 3.63) is 60.4 Å². The molecule has 130 valence electrons. The Bertz CT molecular complexity index is 969. The van der Waals surface area contributed by atoms with Crippen LogP contribution in [0.15, 0.2) is 54.6 Å². The van der Waals surface area contributed by atoms with E-state index in [1.54, 1.807) is 0 Å². The highest BCUT2D eigenvalue weighted by Crippen LogP contribution is 2.28. The van der Waals surface area contributed by atoms with Crippen molar-refractivity contribution in [2.24, 2.45) is 0 Å². The van der Waals surface area contributed by atoms with Crippen molar-refractivity contribution in [2.75, 3.05) is 10.6 Å². The smallest absolute Gasteiger partial charge is 0.252 e. The third kappa shape index (κ3) is 3.04. The predicted octanol–water partition coefficient (Wildman–Crippen LogP) is 2.61. The summed E-state index contributed by atoms with van der Waals surface area (Å²) in [6.07, 6.45) is -0.103. The van der Waals surface area contributed by atoms with E-state index in [-0.39, 0.29) is 24.1 Å². The minimum Gasteiger partial charge on any atom is -0.326 e. The number of aromatic nitrogens is 3. The number of amides is 2. The third-order valence-electron chi connectivity index (χ3n) is 4.00. The Morgan fingerprint density at radius 2 is 1.88 bits per heavy atom. The molecular formula is C18H14FN5O2. The van der Waals surface area contributed by atoms with Crippen LogP contribution in [0.1, 0.15) is 12.5 Å². The fourth-order valence-corrected chi connectivity index (χ4v) is 2.74. The molecule has 1 aliphatic rings. The zero-order valence-corrected chi connectivity index (χ0v) is 13.5. The molecule has 2 heterocycles. The van der Waals surface area contributed by atoms with Crippen molar-refractivity contribution < 1.29 is 14.0 Å². The number of hydrogen-bond acceptors (Lipinski definition) is 4. The molecule has 8 heteroatoms. The molecule has 3 aromatic rings. The molecule has 1 aromatic heterocycles. The summed E-state index contributed by atoms with van der Waals surface area (Å²) in [5.74, 6) is -0.313. The van der Waals surface area contributed by atoms with Crippen LogP contribution in [0.4, 0.5) is 16.0 Å². The first kappa shape index (κ1) is 15.9. The van der Waals surface area contributed by atoms with Crippen molar-refractivity contribution in [1.29, 1.82) is 0 Å². The molecule has 0 saturated carbocycles. The van der Waals surface area contributed by atoms with Gasteiger partial charge < -0.3 is 5.32 Å². The Hall–Kier alpha value is -3.55. The highest BCUT2D eigenvalue weighted by molar-refractivity contribution is 6.01. The molecule has 2 N–H and O–H groups in total. The van der Waals surface area contributed by atoms with Gasteiger partial charge in [0.05, 0.1) is 6.42 Å². The van der Waals surface area contributed by atoms with Gasteiger partial charge in [0, 0.05) is 11.3 Å². The molecule has 1 unspecified atom stereocenters. The molecule has 0 fully saturated rings. The Labute approximate surface area is 147 Å². The first-order valence-corrected chi connectivity index (χ1v) is 7.98. The van der Waals surface area contributed by atoms with E-state index >= 15 is 0 Å². The maximum Gasteiger partial charge on any atom is 0.252 e. The number of fused-ring (bicyclic) bond motifs is 1. The molecule has 2 aromatic carbocycles. The number of carbonyl (C=O) groups excluding carboxylic acids is 2. The van der Waals surface area contributed by atoms with Gasteiger partial charge in [-0.25, -0.2) is 9.07 Å². The van der Waals surface area contributed by atoms with Crippen LogP contribution in [0.5, 0.6) is 0 Å². The van der Waals surface area contributed by atoms with Crippen LogP contribution in [-0.2, 0) is 9.59 Å². The lowest BCUT2D eigenvalue weighted by molar-refractivity contribution is -0.123. The zero-order valence-electron chi connectivity index (χ0n) is 13.5. The fraction of sp³-hybridized carbons (Fsp3) is 0.111. The van der Waals surface area contributed by atoms with Crippen LogP contribution < -0.4 is 10.6 Å². The summed E-state index contributed by atoms with van der Waals surface area (Å²) in [7, 11) is 0. The van der Waals surface area contributed by atoms with E-state index in [1.807, 2.05) is 30.3 Å². The second-order valence-electron chi connectivity index (χ2n) is 5.83. The minimum absolute atomic E-state index is 0.103. The van der Waals surface area contributed by atoms with Gasteiger partial charge in [-0.15, -0.1) is 5.10 Å². The lowest BCUT2D eigenvalue weighted by atomic mass is 10.2. The largest absolute Gasteiger partial charge is 0.326 e. The Morgan fingerprint density at radius 3 is 2.62 bits per heavy atom. The molecule has 26 heavy (non-hydrogen) atoms. The SMILES string of the molecule is O=C(CC1C(=O)Nc2nc(-c3ccccc3)nn21)Nc1ccc(F)cc1. The quantitative estimate of drug-likeness (QED) is 0.756. The molecule has 0 radical (unpaired) electrons. The monoisotopic (exact) mass is 351 g/mol. The van der Waals surface area contributed by atoms with Crippen LogP contribution in [-0.4, -0.2) is 26.6 Å². The highest BCUT2D eigenvalue weighted by atomic mass is 19.1. The van der Waals surface area contributed by atoms with E-state index in [0.717, 1.165) is 5.56 Å². The highest BCUT2D eigenvalue weighted by Gasteiger charge is 2.35. The Morgan fingerprint density at radius 1 is 1.15 bits per heavy atom. The molecule has 0 spiro atoms. The van der Waals surface area contributed by atoms with Crippen molar-refractivity contribution in [2.45, 2.75) is 12.5 Å². The number of benzene rings is 2. The lowest BCUT2D eigenvalue weighted by Crippen LogP contribution is -2.23. The summed E-state index contributed by atoms with van der Waals surface area (Å²) in [4.78, 5) is 28.7. The van der Waals surface area contributed by atoms with Crippen molar-refractivity contribution >= 4 is 23.5 Å². The van der Waals surface area contributed by atoms with Gasteiger partial charge in [0.25, 0.3) is 5.91 Å². The van der Waals surface area contributed by atoms with Gasteiger partial charge in [0.1, 0.15) is 11.9 Å². The van der Waals surface area contributed by atoms with Crippen molar-refractivity contribution in [3.8, 4) is 11.4 Å². The minimum atomic E-state index is -0.782. The molecule has 1 aliphatic heterocycles. The first-order valence-electron chi connectivity index (χ1n) is 7.98. The zero-order chi connectivity index (χ0) is 18.1. The van der Waals surface area contributed by atoms with Crippen molar-refractivity contribution in [3.63, 3.8) is 0 Å². The summed E-state index contributed by atoms with van der Waals surface area (Å²) in [6.45, 7) is 0. The number of nitrogens with zero attached hydrogens (tertiary/aromatic N) is 3. The number of rotatable bonds is 4. The molecular weight excluding hydrogens is 337 g/mol. The van der Waals surface area contributed by atoms with Crippen LogP contribution in [0, 0.1) is 5.82 Å². The molecule has 0 bridgehead atoms. The average molecular weight is 351 g/mol. The second-order valence-corrected chi connectivity index (χ2v) is 5.83. The summed E-state index contributed by atoms with van der Waals surface area (Å²) in [6, 6.07) is 14.0. The number of halogens is 1. The number of hydrogen-bond donors (Lipinski definition) is 2. The van der Waals surface area contributed by atoms with Gasteiger partial charge >= 0.3 is 0 Å². The normalized spacial score (nSPS) is 15.4. The van der Waals surface area contributed by atoms with Gasteiger partial charge in [-0.3, -0.25) is 14.9 Å². The van der Waals surface area contributed by atoms with Gasteiger partial charge in [0.15, 0.2) is 5.82 Å². The average Bonchev–Trinajstić information content (AvgIpc) is 3.17. The maximum atomic E-state index is 12.9. The molecule has 0 aliphatic carbocycles. The fourth-order valence-electron chi connectivity index (χ4n) is 2.74. The van der Waals surface area contributed by atoms with Gasteiger partial charge in [-0.2, -0.15) is 4.98 Å². The van der Waals surface area contributed by atoms with Crippen LogP contribution in [0.3, 0.4) is 0 Å². The predicted molar refractivity (Wildman–Crippen MR) is 92.8 cm³/mol. The lowest BCUT2D eigenvalue weighted by Gasteiger charge is -2.09. The standard InChI is InChI=1S/C18H14FN5O2/c19-12-6-8-13(9-7-12)20-15(25)10-14-17(26)22-18-21-16(23-24(14)18)11-4-2-1-3-5-11/h1-9,14H,10H2,(H,20,25)(H,21,22,23,26). The van der Waals surface area contributed by atoms with E-state index < -0.39 is 6.04 Å². The van der Waals surface area contributed by atoms with Crippen LogP contribution in [0.2, 0.25) is 0 Å². The number of carbonyl (C=O) groups is 2. The molecule has 7 nitrogen and oxygen atoms in total. The van der Waals surface area contributed by atoms with Gasteiger partial charge in [-0.05, 0) is 24.3 Å². The third-order valence-corrected chi connectivity index (χ3v) is 4.00. The number of nitrogens with one attached hydrogen (secondary N) is 2. The van der Waals surface area contributed by atoms with E-state index in [9.17, 15) is 14.0 Å². The Kier molecular flexibility index (Phi) is 3.92. The Balaban J connectivity index is 1.51. The molecule has 1 atom stereocenters. The topological polar surface area (TPSA) is 88.9 Å². The second kappa shape index (κ2) is 6.40. The van der Waals surface area contributed by atoms with E-state index in [1.165, 1.54) is 28.9 Å². The van der Waals surface area contributed by atoms with Gasteiger partial charge in [-0.1, -0.05) is 30.3 Å². The van der Waals surface area contributed by atoms with E-state index in [2.05, 4.69) is 20.7 Å². The summed E-state index contributed by atoms with van der Waals surface area (Å²) < 4.78 is 14.4. The summed E-state index contributed by atoms with van der Waals surface area (Å²) >= 11 is 0. The maximum absolute atomic E-state index is 12.9. The molecule has 2 amide bonds. The van der Waals surface area contributed by atoms with Crippen LogP contribution in [0.25, 0.3) is 11.4 Å². The molecule has 0 saturated heterocycles. The van der Waals surface area contributed by atoms with Crippen molar-refractivity contribution in [1.82, 2.24) is 14.8 Å². The van der Waals surface area contributed by atoms with E-state index in [0.29, 0.717) is 17.5 Å². The summed E-state index contributed by atoms with van der Waals surface area (Å²) in [5, 5.41) is 9.63. The van der Waals surface area contributed by atoms with Gasteiger partial charge in [0.2, 0.25) is 11.9 Å². The molecule has 4 rings (SSSR count). The summed E-state index contributed by atoms with van der Waals surface area (Å²) in [5.41, 5.74) is 1.27.